The molecule has 2 N–H and O–H groups in total. The van der Waals surface area contributed by atoms with E-state index in [1.54, 1.807) is 4.90 Å². The number of likely N-dealkylation sites (tertiary alicyclic amines) is 1. The van der Waals surface area contributed by atoms with Crippen molar-refractivity contribution in [1.82, 2.24) is 4.90 Å². The minimum Gasteiger partial charge on any atom is -0.481 e. The average Bonchev–Trinajstić information content (AvgIpc) is 2.82. The number of aliphatic hydroxyl groups excluding tert-OH is 1. The smallest absolute Gasteiger partial charge is 0.307 e. The molecule has 0 aromatic heterocycles. The van der Waals surface area contributed by atoms with E-state index in [2.05, 4.69) is 0 Å². The van der Waals surface area contributed by atoms with Crippen LogP contribution in [0.25, 0.3) is 0 Å². The number of aliphatic carboxylic acids is 1. The fourth-order valence-corrected chi connectivity index (χ4v) is 3.34. The SMILES string of the molecule is O=C(O)[C@@H]1C2C=CC(C2)[C@@H]1C(=O)N1CC(O)C1. The summed E-state index contributed by atoms with van der Waals surface area (Å²) in [5, 5.41) is 18.4. The predicted molar refractivity (Wildman–Crippen MR) is 57.9 cm³/mol. The van der Waals surface area contributed by atoms with Gasteiger partial charge in [0.25, 0.3) is 0 Å². The fourth-order valence-electron chi connectivity index (χ4n) is 3.34. The summed E-state index contributed by atoms with van der Waals surface area (Å²) < 4.78 is 0. The molecule has 2 bridgehead atoms. The van der Waals surface area contributed by atoms with Crippen molar-refractivity contribution in [2.45, 2.75) is 12.5 Å². The summed E-state index contributed by atoms with van der Waals surface area (Å²) in [4.78, 5) is 25.0. The Morgan fingerprint density at radius 3 is 2.24 bits per heavy atom. The molecule has 4 atom stereocenters. The van der Waals surface area contributed by atoms with Crippen LogP contribution >= 0.6 is 0 Å². The van der Waals surface area contributed by atoms with Gasteiger partial charge in [-0.2, -0.15) is 0 Å². The molecule has 1 saturated heterocycles. The molecule has 5 heteroatoms. The lowest BCUT2D eigenvalue weighted by atomic mass is 9.81. The number of fused-ring (bicyclic) bond motifs is 2. The Bertz CT molecular complexity index is 399. The van der Waals surface area contributed by atoms with Crippen molar-refractivity contribution in [3.8, 4) is 0 Å². The second kappa shape index (κ2) is 3.57. The van der Waals surface area contributed by atoms with Gasteiger partial charge >= 0.3 is 5.97 Å². The lowest BCUT2D eigenvalue weighted by Crippen LogP contribution is -2.56. The lowest BCUT2D eigenvalue weighted by Gasteiger charge is -2.39. The van der Waals surface area contributed by atoms with Crippen LogP contribution in [0.5, 0.6) is 0 Å². The van der Waals surface area contributed by atoms with Crippen molar-refractivity contribution in [2.75, 3.05) is 13.1 Å². The van der Waals surface area contributed by atoms with Crippen LogP contribution < -0.4 is 0 Å². The first kappa shape index (κ1) is 10.8. The molecule has 3 aliphatic rings. The van der Waals surface area contributed by atoms with Crippen molar-refractivity contribution in [1.29, 1.82) is 0 Å². The second-order valence-corrected chi connectivity index (χ2v) is 5.24. The molecular weight excluding hydrogens is 222 g/mol. The minimum absolute atomic E-state index is 0.0117. The standard InChI is InChI=1S/C12H15NO4/c14-8-4-13(5-8)11(15)9-6-1-2-7(3-6)10(9)12(16)17/h1-2,6-10,14H,3-5H2,(H,16,17)/t6?,7?,9-,10+/m0/s1. The molecule has 5 nitrogen and oxygen atoms in total. The highest BCUT2D eigenvalue weighted by Gasteiger charge is 2.53. The Kier molecular flexibility index (Phi) is 2.26. The monoisotopic (exact) mass is 237 g/mol. The number of hydrogen-bond acceptors (Lipinski definition) is 3. The van der Waals surface area contributed by atoms with Crippen LogP contribution in [0, 0.1) is 23.7 Å². The predicted octanol–water partition coefficient (Wildman–Crippen LogP) is -0.288. The number of β-amino-alcohol motifs (C(OH)–C–C–N with tert-alkyl or cyclic N) is 1. The van der Waals surface area contributed by atoms with E-state index in [0.717, 1.165) is 6.42 Å². The number of nitrogens with zero attached hydrogens (tertiary/aromatic N) is 1. The van der Waals surface area contributed by atoms with Gasteiger partial charge in [0, 0.05) is 13.1 Å². The highest BCUT2D eigenvalue weighted by molar-refractivity contribution is 5.87. The summed E-state index contributed by atoms with van der Waals surface area (Å²) in [5.41, 5.74) is 0. The Hall–Kier alpha value is -1.36. The molecule has 1 amide bonds. The number of carboxylic acid groups (broad SMARTS) is 1. The van der Waals surface area contributed by atoms with Crippen LogP contribution in [0.4, 0.5) is 0 Å². The molecule has 1 aliphatic heterocycles. The molecule has 2 unspecified atom stereocenters. The van der Waals surface area contributed by atoms with Crippen LogP contribution in [-0.2, 0) is 9.59 Å². The summed E-state index contributed by atoms with van der Waals surface area (Å²) in [6.45, 7) is 0.700. The molecule has 0 spiro atoms. The molecule has 1 saturated carbocycles. The Labute approximate surface area is 98.7 Å². The molecule has 2 aliphatic carbocycles. The molecule has 0 radical (unpaired) electrons. The first-order valence-corrected chi connectivity index (χ1v) is 5.96. The van der Waals surface area contributed by atoms with E-state index in [-0.39, 0.29) is 17.7 Å². The molecule has 1 heterocycles. The topological polar surface area (TPSA) is 77.8 Å². The molecule has 2 fully saturated rings. The normalized spacial score (nSPS) is 39.5. The Morgan fingerprint density at radius 2 is 1.71 bits per heavy atom. The number of carbonyl (C=O) groups is 2. The number of carboxylic acids is 1. The van der Waals surface area contributed by atoms with Crippen molar-refractivity contribution >= 4 is 11.9 Å². The largest absolute Gasteiger partial charge is 0.481 e. The summed E-state index contributed by atoms with van der Waals surface area (Å²) in [6.07, 6.45) is 4.25. The van der Waals surface area contributed by atoms with E-state index in [1.807, 2.05) is 12.2 Å². The van der Waals surface area contributed by atoms with Gasteiger partial charge < -0.3 is 15.1 Å². The zero-order valence-electron chi connectivity index (χ0n) is 9.32. The molecule has 3 rings (SSSR count). The molecule has 0 aromatic rings. The maximum absolute atomic E-state index is 12.2. The zero-order chi connectivity index (χ0) is 12.2. The van der Waals surface area contributed by atoms with Gasteiger partial charge in [0.2, 0.25) is 5.91 Å². The maximum atomic E-state index is 12.2. The van der Waals surface area contributed by atoms with E-state index in [9.17, 15) is 19.8 Å². The van der Waals surface area contributed by atoms with E-state index < -0.39 is 23.9 Å². The van der Waals surface area contributed by atoms with Gasteiger partial charge in [-0.1, -0.05) is 12.2 Å². The second-order valence-electron chi connectivity index (χ2n) is 5.24. The highest BCUT2D eigenvalue weighted by atomic mass is 16.4. The van der Waals surface area contributed by atoms with Crippen molar-refractivity contribution < 1.29 is 19.8 Å². The van der Waals surface area contributed by atoms with Gasteiger partial charge in [-0.15, -0.1) is 0 Å². The summed E-state index contributed by atoms with van der Waals surface area (Å²) in [6, 6.07) is 0. The van der Waals surface area contributed by atoms with Gasteiger partial charge in [0.1, 0.15) is 0 Å². The zero-order valence-corrected chi connectivity index (χ0v) is 9.32. The number of aliphatic hydroxyl groups is 1. The van der Waals surface area contributed by atoms with Crippen LogP contribution in [0.15, 0.2) is 12.2 Å². The van der Waals surface area contributed by atoms with Gasteiger partial charge in [-0.25, -0.2) is 0 Å². The fraction of sp³-hybridized carbons (Fsp3) is 0.667. The van der Waals surface area contributed by atoms with Crippen LogP contribution in [0.2, 0.25) is 0 Å². The summed E-state index contributed by atoms with van der Waals surface area (Å²) in [5.74, 6) is -1.88. The van der Waals surface area contributed by atoms with E-state index >= 15 is 0 Å². The first-order chi connectivity index (χ1) is 8.08. The van der Waals surface area contributed by atoms with Crippen molar-refractivity contribution in [2.24, 2.45) is 23.7 Å². The third-order valence-electron chi connectivity index (χ3n) is 4.20. The van der Waals surface area contributed by atoms with Gasteiger partial charge in [0.05, 0.1) is 17.9 Å². The third kappa shape index (κ3) is 1.49. The minimum atomic E-state index is -0.874. The Morgan fingerprint density at radius 1 is 1.12 bits per heavy atom. The van der Waals surface area contributed by atoms with Gasteiger partial charge in [0.15, 0.2) is 0 Å². The number of rotatable bonds is 2. The van der Waals surface area contributed by atoms with Crippen LogP contribution in [0.3, 0.4) is 0 Å². The molecule has 92 valence electrons. The molecule has 17 heavy (non-hydrogen) atoms. The summed E-state index contributed by atoms with van der Waals surface area (Å²) in [7, 11) is 0. The number of carbonyl (C=O) groups excluding carboxylic acids is 1. The highest BCUT2D eigenvalue weighted by Crippen LogP contribution is 2.49. The van der Waals surface area contributed by atoms with Crippen LogP contribution in [-0.4, -0.2) is 46.2 Å². The number of allylic oxidation sites excluding steroid dienone is 2. The van der Waals surface area contributed by atoms with E-state index in [0.29, 0.717) is 13.1 Å². The average molecular weight is 237 g/mol. The number of hydrogen-bond donors (Lipinski definition) is 2. The third-order valence-corrected chi connectivity index (χ3v) is 4.20. The van der Waals surface area contributed by atoms with E-state index in [4.69, 9.17) is 0 Å². The summed E-state index contributed by atoms with van der Waals surface area (Å²) >= 11 is 0. The Balaban J connectivity index is 1.79. The maximum Gasteiger partial charge on any atom is 0.307 e. The van der Waals surface area contributed by atoms with Crippen molar-refractivity contribution in [3.05, 3.63) is 12.2 Å². The molecular formula is C12H15NO4. The quantitative estimate of drug-likeness (QED) is 0.647. The number of amides is 1. The van der Waals surface area contributed by atoms with Crippen molar-refractivity contribution in [3.63, 3.8) is 0 Å². The lowest BCUT2D eigenvalue weighted by molar-refractivity contribution is -0.156. The van der Waals surface area contributed by atoms with Crippen LogP contribution in [0.1, 0.15) is 6.42 Å². The van der Waals surface area contributed by atoms with E-state index in [1.165, 1.54) is 0 Å². The van der Waals surface area contributed by atoms with Gasteiger partial charge in [-0.05, 0) is 18.3 Å². The molecule has 0 aromatic carbocycles. The first-order valence-electron chi connectivity index (χ1n) is 5.96. The van der Waals surface area contributed by atoms with Gasteiger partial charge in [-0.3, -0.25) is 9.59 Å².